The number of rotatable bonds is 4. The first-order chi connectivity index (χ1) is 10.6. The summed E-state index contributed by atoms with van der Waals surface area (Å²) in [6.07, 6.45) is 7.79. The quantitative estimate of drug-likeness (QED) is 0.547. The highest BCUT2D eigenvalue weighted by atomic mass is 79.9. The topological polar surface area (TPSA) is 29.5 Å². The Balaban J connectivity index is 2.39. The van der Waals surface area contributed by atoms with Crippen LogP contribution in [0.2, 0.25) is 0 Å². The van der Waals surface area contributed by atoms with Crippen molar-refractivity contribution >= 4 is 27.6 Å². The van der Waals surface area contributed by atoms with Crippen LogP contribution in [0.4, 0.5) is 5.69 Å². The third kappa shape index (κ3) is 3.83. The van der Waals surface area contributed by atoms with Gasteiger partial charge in [0.15, 0.2) is 0 Å². The molecule has 22 heavy (non-hydrogen) atoms. The molecule has 1 aliphatic rings. The average Bonchev–Trinajstić information content (AvgIpc) is 2.79. The molecule has 0 N–H and O–H groups in total. The lowest BCUT2D eigenvalue weighted by Crippen LogP contribution is -2.35. The molecule has 1 aromatic carbocycles. The van der Waals surface area contributed by atoms with Crippen LogP contribution in [0.25, 0.3) is 0 Å². The molecule has 0 saturated heterocycles. The second kappa shape index (κ2) is 8.00. The number of esters is 1. The van der Waals surface area contributed by atoms with Crippen LogP contribution >= 0.6 is 15.9 Å². The van der Waals surface area contributed by atoms with Gasteiger partial charge in [-0.15, -0.1) is 0 Å². The normalized spacial score (nSPS) is 16.2. The molecule has 3 nitrogen and oxygen atoms in total. The third-order valence-corrected chi connectivity index (χ3v) is 5.12. The number of hydrogen-bond acceptors (Lipinski definition) is 3. The van der Waals surface area contributed by atoms with Gasteiger partial charge in [-0.3, -0.25) is 0 Å². The fraction of sp³-hybridized carbons (Fsp3) is 0.611. The van der Waals surface area contributed by atoms with Crippen LogP contribution in [-0.2, 0) is 4.74 Å². The van der Waals surface area contributed by atoms with Crippen LogP contribution in [0.1, 0.15) is 61.4 Å². The van der Waals surface area contributed by atoms with E-state index in [1.165, 1.54) is 45.6 Å². The SMILES string of the molecule is CCN(c1cc(Br)cc(C(=O)OC)c1C)C1CCCCCC1. The largest absolute Gasteiger partial charge is 0.465 e. The first-order valence-corrected chi connectivity index (χ1v) is 9.02. The number of carbonyl (C=O) groups excluding carboxylic acids is 1. The Hall–Kier alpha value is -1.03. The molecule has 1 saturated carbocycles. The second-order valence-corrected chi connectivity index (χ2v) is 6.94. The molecule has 0 aromatic heterocycles. The van der Waals surface area contributed by atoms with Crippen LogP contribution < -0.4 is 4.90 Å². The Bertz CT molecular complexity index is 522. The van der Waals surface area contributed by atoms with E-state index in [9.17, 15) is 4.79 Å². The van der Waals surface area contributed by atoms with Gasteiger partial charge in [0, 0.05) is 22.7 Å². The Morgan fingerprint density at radius 1 is 1.27 bits per heavy atom. The number of nitrogens with zero attached hydrogens (tertiary/aromatic N) is 1. The third-order valence-electron chi connectivity index (χ3n) is 4.67. The maximum atomic E-state index is 12.0. The molecule has 1 aliphatic carbocycles. The fourth-order valence-electron chi connectivity index (χ4n) is 3.48. The summed E-state index contributed by atoms with van der Waals surface area (Å²) in [5.74, 6) is -0.267. The van der Waals surface area contributed by atoms with Crippen LogP contribution in [0.3, 0.4) is 0 Å². The van der Waals surface area contributed by atoms with Crippen LogP contribution in [0.15, 0.2) is 16.6 Å². The average molecular weight is 368 g/mol. The minimum Gasteiger partial charge on any atom is -0.465 e. The summed E-state index contributed by atoms with van der Waals surface area (Å²) in [5, 5.41) is 0. The van der Waals surface area contributed by atoms with Gasteiger partial charge in [0.05, 0.1) is 12.7 Å². The summed E-state index contributed by atoms with van der Waals surface area (Å²) < 4.78 is 5.86. The second-order valence-electron chi connectivity index (χ2n) is 6.02. The maximum absolute atomic E-state index is 12.0. The predicted octanol–water partition coefficient (Wildman–Crippen LogP) is 5.09. The lowest BCUT2D eigenvalue weighted by atomic mass is 10.0. The molecule has 0 bridgehead atoms. The van der Waals surface area contributed by atoms with Crippen molar-refractivity contribution in [3.05, 3.63) is 27.7 Å². The standard InChI is InChI=1S/C18H26BrNO2/c1-4-20(15-9-7-5-6-8-10-15)17-12-14(19)11-16(13(17)2)18(21)22-3/h11-12,15H,4-10H2,1-3H3. The van der Waals surface area contributed by atoms with Gasteiger partial charge in [0.2, 0.25) is 0 Å². The van der Waals surface area contributed by atoms with Crippen molar-refractivity contribution in [2.45, 2.75) is 58.4 Å². The number of hydrogen-bond donors (Lipinski definition) is 0. The maximum Gasteiger partial charge on any atom is 0.338 e. The van der Waals surface area contributed by atoms with Crippen molar-refractivity contribution in [1.82, 2.24) is 0 Å². The van der Waals surface area contributed by atoms with Crippen molar-refractivity contribution < 1.29 is 9.53 Å². The summed E-state index contributed by atoms with van der Waals surface area (Å²) in [5.41, 5.74) is 2.82. The molecule has 0 spiro atoms. The van der Waals surface area contributed by atoms with Crippen molar-refractivity contribution in [2.75, 3.05) is 18.6 Å². The zero-order chi connectivity index (χ0) is 16.1. The minimum absolute atomic E-state index is 0.267. The van der Waals surface area contributed by atoms with Crippen molar-refractivity contribution in [3.8, 4) is 0 Å². The van der Waals surface area contributed by atoms with Gasteiger partial charge in [-0.05, 0) is 44.4 Å². The van der Waals surface area contributed by atoms with Gasteiger partial charge in [-0.1, -0.05) is 41.6 Å². The van der Waals surface area contributed by atoms with Crippen molar-refractivity contribution in [2.24, 2.45) is 0 Å². The van der Waals surface area contributed by atoms with Crippen LogP contribution in [0, 0.1) is 6.92 Å². The molecule has 0 radical (unpaired) electrons. The predicted molar refractivity (Wildman–Crippen MR) is 94.7 cm³/mol. The van der Waals surface area contributed by atoms with Crippen molar-refractivity contribution in [1.29, 1.82) is 0 Å². The molecular weight excluding hydrogens is 342 g/mol. The Kier molecular flexibility index (Phi) is 6.30. The smallest absolute Gasteiger partial charge is 0.338 e. The minimum atomic E-state index is -0.267. The number of halogens is 1. The highest BCUT2D eigenvalue weighted by molar-refractivity contribution is 9.10. The lowest BCUT2D eigenvalue weighted by molar-refractivity contribution is 0.0600. The molecule has 0 amide bonds. The molecule has 0 heterocycles. The van der Waals surface area contributed by atoms with E-state index in [1.807, 2.05) is 13.0 Å². The number of carbonyl (C=O) groups is 1. The number of methoxy groups -OCH3 is 1. The molecule has 0 aliphatic heterocycles. The van der Waals surface area contributed by atoms with E-state index in [0.29, 0.717) is 11.6 Å². The summed E-state index contributed by atoms with van der Waals surface area (Å²) in [6, 6.07) is 4.56. The monoisotopic (exact) mass is 367 g/mol. The first-order valence-electron chi connectivity index (χ1n) is 8.23. The number of benzene rings is 1. The van der Waals surface area contributed by atoms with E-state index < -0.39 is 0 Å². The first kappa shape index (κ1) is 17.3. The molecule has 122 valence electrons. The molecule has 0 unspecified atom stereocenters. The number of anilines is 1. The Labute approximate surface area is 142 Å². The summed E-state index contributed by atoms with van der Waals surface area (Å²) in [7, 11) is 1.44. The summed E-state index contributed by atoms with van der Waals surface area (Å²) in [4.78, 5) is 14.5. The van der Waals surface area contributed by atoms with Gasteiger partial charge in [-0.25, -0.2) is 4.79 Å². The summed E-state index contributed by atoms with van der Waals surface area (Å²) in [6.45, 7) is 5.18. The molecule has 1 aromatic rings. The van der Waals surface area contributed by atoms with E-state index in [2.05, 4.69) is 33.8 Å². The lowest BCUT2D eigenvalue weighted by Gasteiger charge is -2.34. The Morgan fingerprint density at radius 3 is 2.45 bits per heavy atom. The van der Waals surface area contributed by atoms with Crippen LogP contribution in [0.5, 0.6) is 0 Å². The zero-order valence-electron chi connectivity index (χ0n) is 13.8. The van der Waals surface area contributed by atoms with Gasteiger partial charge in [-0.2, -0.15) is 0 Å². The van der Waals surface area contributed by atoms with Gasteiger partial charge in [0.1, 0.15) is 0 Å². The summed E-state index contributed by atoms with van der Waals surface area (Å²) >= 11 is 3.55. The molecular formula is C18H26BrNO2. The zero-order valence-corrected chi connectivity index (χ0v) is 15.4. The van der Waals surface area contributed by atoms with Crippen molar-refractivity contribution in [3.63, 3.8) is 0 Å². The molecule has 4 heteroatoms. The molecule has 0 atom stereocenters. The Morgan fingerprint density at radius 2 is 1.91 bits per heavy atom. The van der Waals surface area contributed by atoms with Gasteiger partial charge < -0.3 is 9.64 Å². The fourth-order valence-corrected chi connectivity index (χ4v) is 3.93. The van der Waals surface area contributed by atoms with E-state index >= 15 is 0 Å². The molecule has 2 rings (SSSR count). The highest BCUT2D eigenvalue weighted by Crippen LogP contribution is 2.33. The number of ether oxygens (including phenoxy) is 1. The van der Waals surface area contributed by atoms with E-state index in [1.54, 1.807) is 0 Å². The van der Waals surface area contributed by atoms with E-state index in [0.717, 1.165) is 22.3 Å². The van der Waals surface area contributed by atoms with E-state index in [4.69, 9.17) is 4.74 Å². The molecule has 1 fully saturated rings. The van der Waals surface area contributed by atoms with Gasteiger partial charge in [0.25, 0.3) is 0 Å². The van der Waals surface area contributed by atoms with Crippen LogP contribution in [-0.4, -0.2) is 25.7 Å². The highest BCUT2D eigenvalue weighted by Gasteiger charge is 2.23. The van der Waals surface area contributed by atoms with Gasteiger partial charge >= 0.3 is 5.97 Å². The van der Waals surface area contributed by atoms with E-state index in [-0.39, 0.29) is 5.97 Å².